The van der Waals surface area contributed by atoms with Crippen molar-refractivity contribution in [3.8, 4) is 0 Å². The van der Waals surface area contributed by atoms with Crippen molar-refractivity contribution in [3.63, 3.8) is 0 Å². The number of allylic oxidation sites excluding steroid dienone is 2. The molecule has 0 aromatic carbocycles. The van der Waals surface area contributed by atoms with Crippen LogP contribution in [0, 0.1) is 6.92 Å². The molecule has 0 spiro atoms. The molecule has 0 atom stereocenters. The van der Waals surface area contributed by atoms with Crippen LogP contribution >= 0.6 is 0 Å². The molecule has 1 aliphatic carbocycles. The Hall–Kier alpha value is -2.89. The largest absolute Gasteiger partial charge is 0.241 e. The average molecular weight is 360 g/mol. The summed E-state index contributed by atoms with van der Waals surface area (Å²) in [6.45, 7) is 16.8. The molecule has 0 radical (unpaired) electrons. The Labute approximate surface area is 159 Å². The van der Waals surface area contributed by atoms with Crippen LogP contribution in [0.4, 0.5) is 0 Å². The zero-order valence-electron chi connectivity index (χ0n) is 16.3. The van der Waals surface area contributed by atoms with Gasteiger partial charge in [-0.25, -0.2) is 24.6 Å². The van der Waals surface area contributed by atoms with Crippen molar-refractivity contribution in [2.75, 3.05) is 0 Å². The minimum absolute atomic E-state index is 0.0221. The summed E-state index contributed by atoms with van der Waals surface area (Å²) in [4.78, 5) is 17.8. The molecule has 3 aromatic rings. The van der Waals surface area contributed by atoms with Crippen molar-refractivity contribution in [2.45, 2.75) is 52.0 Å². The number of hydrogen-bond donors (Lipinski definition) is 0. The second-order valence-electron chi connectivity index (χ2n) is 7.87. The van der Waals surface area contributed by atoms with Crippen LogP contribution in [0.1, 0.15) is 62.3 Å². The lowest BCUT2D eigenvalue weighted by atomic mass is 10.0. The Morgan fingerprint density at radius 3 is 2.33 bits per heavy atom. The predicted molar refractivity (Wildman–Crippen MR) is 107 cm³/mol. The number of nitrogens with zero attached hydrogens (tertiary/aromatic N) is 6. The van der Waals surface area contributed by atoms with Crippen LogP contribution in [0.5, 0.6) is 0 Å². The minimum Gasteiger partial charge on any atom is -0.241 e. The number of rotatable bonds is 5. The van der Waals surface area contributed by atoms with E-state index in [-0.39, 0.29) is 5.54 Å². The van der Waals surface area contributed by atoms with Gasteiger partial charge in [-0.2, -0.15) is 5.10 Å². The van der Waals surface area contributed by atoms with Crippen LogP contribution in [0.25, 0.3) is 22.2 Å². The fraction of sp³-hybridized carbons (Fsp3) is 0.381. The van der Waals surface area contributed by atoms with Gasteiger partial charge >= 0.3 is 0 Å². The molecule has 6 heteroatoms. The highest BCUT2D eigenvalue weighted by Gasteiger charge is 2.42. The standard InChI is InChI=1S/C21H24N6/c1-12(2)16-9-22-19(23-10-16)14(4)13(3)18-17-15(5)24-11-25-20(17)27(26-18)21(6)7-8-21/h9-12H,3-4,7-8H2,1-2,5-6H3. The fourth-order valence-corrected chi connectivity index (χ4v) is 3.15. The molecule has 1 aliphatic rings. The summed E-state index contributed by atoms with van der Waals surface area (Å²) in [7, 11) is 0. The molecule has 0 saturated heterocycles. The maximum absolute atomic E-state index is 4.87. The van der Waals surface area contributed by atoms with Crippen LogP contribution < -0.4 is 0 Å². The maximum Gasteiger partial charge on any atom is 0.162 e. The SMILES string of the molecule is C=C(C(=C)c1nn(C2(C)CC2)c2ncnc(C)c12)c1ncc(C(C)C)cn1. The van der Waals surface area contributed by atoms with Gasteiger partial charge in [0.2, 0.25) is 0 Å². The van der Waals surface area contributed by atoms with Gasteiger partial charge in [0.25, 0.3) is 0 Å². The highest BCUT2D eigenvalue weighted by Crippen LogP contribution is 2.45. The van der Waals surface area contributed by atoms with Crippen molar-refractivity contribution in [1.29, 1.82) is 0 Å². The van der Waals surface area contributed by atoms with Gasteiger partial charge in [-0.15, -0.1) is 0 Å². The smallest absolute Gasteiger partial charge is 0.162 e. The molecule has 1 fully saturated rings. The lowest BCUT2D eigenvalue weighted by Gasteiger charge is -2.10. The van der Waals surface area contributed by atoms with Crippen LogP contribution in [0.15, 0.2) is 31.9 Å². The van der Waals surface area contributed by atoms with Crippen LogP contribution in [0.3, 0.4) is 0 Å². The molecule has 0 bridgehead atoms. The van der Waals surface area contributed by atoms with Gasteiger partial charge in [-0.05, 0) is 38.2 Å². The molecular formula is C21H24N6. The molecule has 4 rings (SSSR count). The van der Waals surface area contributed by atoms with Crippen molar-refractivity contribution < 1.29 is 0 Å². The Morgan fingerprint density at radius 2 is 1.74 bits per heavy atom. The lowest BCUT2D eigenvalue weighted by molar-refractivity contribution is 0.484. The Balaban J connectivity index is 1.77. The van der Waals surface area contributed by atoms with Gasteiger partial charge < -0.3 is 0 Å². The molecule has 0 unspecified atom stereocenters. The summed E-state index contributed by atoms with van der Waals surface area (Å²) in [6, 6.07) is 0. The highest BCUT2D eigenvalue weighted by atomic mass is 15.4. The van der Waals surface area contributed by atoms with Gasteiger partial charge in [-0.1, -0.05) is 27.0 Å². The highest BCUT2D eigenvalue weighted by molar-refractivity contribution is 6.06. The molecule has 0 N–H and O–H groups in total. The van der Waals surface area contributed by atoms with E-state index < -0.39 is 0 Å². The van der Waals surface area contributed by atoms with E-state index in [1.54, 1.807) is 6.33 Å². The molecule has 6 nitrogen and oxygen atoms in total. The number of fused-ring (bicyclic) bond motifs is 1. The average Bonchev–Trinajstić information content (AvgIpc) is 3.27. The summed E-state index contributed by atoms with van der Waals surface area (Å²) in [6.07, 6.45) is 7.49. The summed E-state index contributed by atoms with van der Waals surface area (Å²) >= 11 is 0. The Morgan fingerprint density at radius 1 is 1.07 bits per heavy atom. The summed E-state index contributed by atoms with van der Waals surface area (Å²) in [5, 5.41) is 5.80. The monoisotopic (exact) mass is 360 g/mol. The molecule has 0 amide bonds. The second-order valence-corrected chi connectivity index (χ2v) is 7.87. The van der Waals surface area contributed by atoms with Crippen LogP contribution in [-0.2, 0) is 5.54 Å². The van der Waals surface area contributed by atoms with Gasteiger partial charge in [0.1, 0.15) is 12.0 Å². The van der Waals surface area contributed by atoms with E-state index in [0.717, 1.165) is 40.8 Å². The van der Waals surface area contributed by atoms with E-state index in [1.807, 2.05) is 24.0 Å². The van der Waals surface area contributed by atoms with E-state index in [4.69, 9.17) is 5.10 Å². The molecule has 138 valence electrons. The summed E-state index contributed by atoms with van der Waals surface area (Å²) in [5.74, 6) is 0.952. The molecule has 3 aromatic heterocycles. The first-order valence-electron chi connectivity index (χ1n) is 9.23. The van der Waals surface area contributed by atoms with E-state index in [0.29, 0.717) is 22.9 Å². The van der Waals surface area contributed by atoms with Gasteiger partial charge in [0.15, 0.2) is 11.5 Å². The third kappa shape index (κ3) is 2.85. The van der Waals surface area contributed by atoms with Crippen LogP contribution in [-0.4, -0.2) is 29.7 Å². The normalized spacial score (nSPS) is 15.3. The topological polar surface area (TPSA) is 69.4 Å². The molecule has 0 aliphatic heterocycles. The Bertz CT molecular complexity index is 1050. The first-order chi connectivity index (χ1) is 12.8. The van der Waals surface area contributed by atoms with Crippen molar-refractivity contribution >= 4 is 22.2 Å². The quantitative estimate of drug-likeness (QED) is 0.635. The van der Waals surface area contributed by atoms with E-state index in [2.05, 4.69) is 53.9 Å². The second kappa shape index (κ2) is 6.08. The van der Waals surface area contributed by atoms with Crippen molar-refractivity contribution in [1.82, 2.24) is 29.7 Å². The third-order valence-electron chi connectivity index (χ3n) is 5.40. The zero-order chi connectivity index (χ0) is 19.3. The zero-order valence-corrected chi connectivity index (χ0v) is 16.3. The van der Waals surface area contributed by atoms with Gasteiger partial charge in [0, 0.05) is 23.5 Å². The number of hydrogen-bond acceptors (Lipinski definition) is 5. The fourth-order valence-electron chi connectivity index (χ4n) is 3.15. The Kier molecular flexibility index (Phi) is 3.94. The van der Waals surface area contributed by atoms with Crippen molar-refractivity contribution in [3.05, 3.63) is 54.7 Å². The van der Waals surface area contributed by atoms with Crippen molar-refractivity contribution in [2.24, 2.45) is 0 Å². The van der Waals surface area contributed by atoms with Gasteiger partial charge in [-0.3, -0.25) is 0 Å². The van der Waals surface area contributed by atoms with Crippen LogP contribution in [0.2, 0.25) is 0 Å². The van der Waals surface area contributed by atoms with E-state index in [1.165, 1.54) is 0 Å². The van der Waals surface area contributed by atoms with Gasteiger partial charge in [0.05, 0.1) is 16.6 Å². The minimum atomic E-state index is 0.0221. The number of aryl methyl sites for hydroxylation is 1. The molecular weight excluding hydrogens is 336 g/mol. The first-order valence-corrected chi connectivity index (χ1v) is 9.23. The first kappa shape index (κ1) is 17.5. The third-order valence-corrected chi connectivity index (χ3v) is 5.40. The maximum atomic E-state index is 4.87. The summed E-state index contributed by atoms with van der Waals surface area (Å²) in [5.41, 5.74) is 4.99. The molecule has 3 heterocycles. The number of aromatic nitrogens is 6. The summed E-state index contributed by atoms with van der Waals surface area (Å²) < 4.78 is 2.02. The lowest BCUT2D eigenvalue weighted by Crippen LogP contribution is -2.14. The van der Waals surface area contributed by atoms with E-state index in [9.17, 15) is 0 Å². The predicted octanol–water partition coefficient (Wildman–Crippen LogP) is 4.28. The van der Waals surface area contributed by atoms with E-state index >= 15 is 0 Å². The molecule has 27 heavy (non-hydrogen) atoms. The molecule has 1 saturated carbocycles.